The van der Waals surface area contributed by atoms with Gasteiger partial charge in [-0.1, -0.05) is 13.0 Å². The maximum Gasteiger partial charge on any atom is 0.0900 e. The molecule has 1 aliphatic rings. The van der Waals surface area contributed by atoms with Gasteiger partial charge in [0.25, 0.3) is 0 Å². The van der Waals surface area contributed by atoms with Gasteiger partial charge in [0.2, 0.25) is 0 Å². The summed E-state index contributed by atoms with van der Waals surface area (Å²) in [6, 6.07) is 6.80. The second kappa shape index (κ2) is 8.19. The van der Waals surface area contributed by atoms with E-state index in [9.17, 15) is 0 Å². The van der Waals surface area contributed by atoms with Crippen LogP contribution >= 0.6 is 11.3 Å². The molecule has 2 aromatic rings. The van der Waals surface area contributed by atoms with E-state index in [2.05, 4.69) is 53.1 Å². The highest BCUT2D eigenvalue weighted by Crippen LogP contribution is 2.20. The second-order valence-electron chi connectivity index (χ2n) is 6.87. The van der Waals surface area contributed by atoms with Crippen LogP contribution in [0.15, 0.2) is 24.4 Å². The maximum atomic E-state index is 4.52. The minimum atomic E-state index is 0.624. The molecular formula is C19H28N4S. The van der Waals surface area contributed by atoms with Crippen molar-refractivity contribution in [2.24, 2.45) is 5.92 Å². The fourth-order valence-corrected chi connectivity index (χ4v) is 4.51. The predicted octanol–water partition coefficient (Wildman–Crippen LogP) is 3.20. The summed E-state index contributed by atoms with van der Waals surface area (Å²) in [6.07, 6.45) is 4.20. The molecule has 130 valence electrons. The molecule has 1 N–H and O–H groups in total. The lowest BCUT2D eigenvalue weighted by Gasteiger charge is -2.37. The molecule has 1 saturated heterocycles. The van der Waals surface area contributed by atoms with Crippen LogP contribution in [0.25, 0.3) is 0 Å². The zero-order valence-corrected chi connectivity index (χ0v) is 15.8. The zero-order chi connectivity index (χ0) is 16.9. The van der Waals surface area contributed by atoms with Crippen LogP contribution in [0.3, 0.4) is 0 Å². The van der Waals surface area contributed by atoms with Crippen LogP contribution in [0.5, 0.6) is 0 Å². The molecule has 4 nitrogen and oxygen atoms in total. The lowest BCUT2D eigenvalue weighted by atomic mass is 9.93. The van der Waals surface area contributed by atoms with Crippen molar-refractivity contribution in [1.82, 2.24) is 20.2 Å². The number of pyridine rings is 1. The molecule has 0 amide bonds. The van der Waals surface area contributed by atoms with Crippen LogP contribution in [0.4, 0.5) is 0 Å². The molecule has 24 heavy (non-hydrogen) atoms. The van der Waals surface area contributed by atoms with Crippen molar-refractivity contribution in [3.63, 3.8) is 0 Å². The molecule has 0 radical (unpaired) electrons. The highest BCUT2D eigenvalue weighted by atomic mass is 32.1. The van der Waals surface area contributed by atoms with Gasteiger partial charge in [-0.25, -0.2) is 4.98 Å². The highest BCUT2D eigenvalue weighted by Gasteiger charge is 2.25. The van der Waals surface area contributed by atoms with Crippen LogP contribution in [0, 0.1) is 19.8 Å². The number of hydrogen-bond acceptors (Lipinski definition) is 5. The summed E-state index contributed by atoms with van der Waals surface area (Å²) in [7, 11) is 0. The lowest BCUT2D eigenvalue weighted by molar-refractivity contribution is 0.140. The van der Waals surface area contributed by atoms with Crippen LogP contribution in [0.2, 0.25) is 0 Å². The van der Waals surface area contributed by atoms with E-state index in [1.165, 1.54) is 27.7 Å². The topological polar surface area (TPSA) is 41.1 Å². The third kappa shape index (κ3) is 4.62. The average molecular weight is 345 g/mol. The number of likely N-dealkylation sites (tertiary alicyclic amines) is 1. The third-order valence-electron chi connectivity index (χ3n) is 4.86. The van der Waals surface area contributed by atoms with Crippen molar-refractivity contribution in [3.8, 4) is 0 Å². The van der Waals surface area contributed by atoms with E-state index in [-0.39, 0.29) is 0 Å². The third-order valence-corrected chi connectivity index (χ3v) is 5.99. The first-order valence-electron chi connectivity index (χ1n) is 8.90. The van der Waals surface area contributed by atoms with E-state index in [0.29, 0.717) is 12.0 Å². The fraction of sp³-hybridized carbons (Fsp3) is 0.579. The van der Waals surface area contributed by atoms with Crippen LogP contribution < -0.4 is 5.32 Å². The smallest absolute Gasteiger partial charge is 0.0900 e. The zero-order valence-electron chi connectivity index (χ0n) is 15.0. The second-order valence-corrected chi connectivity index (χ2v) is 8.16. The first-order valence-corrected chi connectivity index (χ1v) is 9.72. The lowest BCUT2D eigenvalue weighted by Crippen LogP contribution is -2.48. The number of piperidine rings is 1. The highest BCUT2D eigenvalue weighted by molar-refractivity contribution is 7.11. The summed E-state index contributed by atoms with van der Waals surface area (Å²) in [6.45, 7) is 10.9. The van der Waals surface area contributed by atoms with Gasteiger partial charge in [0, 0.05) is 43.3 Å². The summed E-state index contributed by atoms with van der Waals surface area (Å²) in [4.78, 5) is 12.9. The molecule has 3 heterocycles. The molecule has 5 heteroatoms. The summed E-state index contributed by atoms with van der Waals surface area (Å²) in [5.74, 6) is 0.673. The van der Waals surface area contributed by atoms with E-state index in [1.807, 2.05) is 23.6 Å². The SMILES string of the molecule is Cc1nc(C)c(CCN[C@H]2CCN(Cc3ccccn3)C[C@@H]2C)s1. The molecular weight excluding hydrogens is 316 g/mol. The van der Waals surface area contributed by atoms with E-state index < -0.39 is 0 Å². The Balaban J connectivity index is 1.43. The monoisotopic (exact) mass is 344 g/mol. The van der Waals surface area contributed by atoms with Crippen LogP contribution in [-0.4, -0.2) is 40.5 Å². The van der Waals surface area contributed by atoms with Gasteiger partial charge in [-0.05, 0) is 44.7 Å². The minimum Gasteiger partial charge on any atom is -0.313 e. The van der Waals surface area contributed by atoms with Gasteiger partial charge in [0.05, 0.1) is 16.4 Å². The molecule has 1 aliphatic heterocycles. The predicted molar refractivity (Wildman–Crippen MR) is 100 cm³/mol. The van der Waals surface area contributed by atoms with Gasteiger partial charge in [0.1, 0.15) is 0 Å². The summed E-state index contributed by atoms with van der Waals surface area (Å²) in [5, 5.41) is 4.96. The van der Waals surface area contributed by atoms with E-state index in [4.69, 9.17) is 0 Å². The standard InChI is InChI=1S/C19H28N4S/c1-14-12-23(13-17-6-4-5-9-20-17)11-8-18(14)21-10-7-19-15(2)22-16(3)24-19/h4-6,9,14,18,21H,7-8,10-13H2,1-3H3/t14-,18-/m0/s1. The van der Waals surface area contributed by atoms with Gasteiger partial charge in [0.15, 0.2) is 0 Å². The molecule has 0 aromatic carbocycles. The Morgan fingerprint density at radius 3 is 2.88 bits per heavy atom. The summed E-state index contributed by atoms with van der Waals surface area (Å²) in [5.41, 5.74) is 2.38. The Kier molecular flexibility index (Phi) is 5.98. The van der Waals surface area contributed by atoms with Crippen LogP contribution in [0.1, 0.15) is 34.6 Å². The number of aryl methyl sites for hydroxylation is 2. The number of aromatic nitrogens is 2. The Hall–Kier alpha value is -1.30. The van der Waals surface area contributed by atoms with E-state index >= 15 is 0 Å². The Morgan fingerprint density at radius 2 is 2.21 bits per heavy atom. The largest absolute Gasteiger partial charge is 0.313 e. The maximum absolute atomic E-state index is 4.52. The van der Waals surface area contributed by atoms with Crippen molar-refractivity contribution in [1.29, 1.82) is 0 Å². The summed E-state index contributed by atoms with van der Waals surface area (Å²) >= 11 is 1.84. The quantitative estimate of drug-likeness (QED) is 0.874. The number of hydrogen-bond donors (Lipinski definition) is 1. The van der Waals surface area contributed by atoms with Crippen molar-refractivity contribution >= 4 is 11.3 Å². The van der Waals surface area contributed by atoms with Gasteiger partial charge >= 0.3 is 0 Å². The first-order chi connectivity index (χ1) is 11.6. The molecule has 0 aliphatic carbocycles. The van der Waals surface area contributed by atoms with Crippen molar-refractivity contribution in [2.45, 2.75) is 46.2 Å². The Morgan fingerprint density at radius 1 is 1.33 bits per heavy atom. The molecule has 2 atom stereocenters. The molecule has 3 rings (SSSR count). The molecule has 0 spiro atoms. The van der Waals surface area contributed by atoms with E-state index in [0.717, 1.165) is 32.6 Å². The Labute approximate surface area is 149 Å². The van der Waals surface area contributed by atoms with Crippen molar-refractivity contribution in [3.05, 3.63) is 45.7 Å². The normalized spacial score (nSPS) is 22.0. The molecule has 0 bridgehead atoms. The van der Waals surface area contributed by atoms with Gasteiger partial charge < -0.3 is 5.32 Å². The molecule has 0 unspecified atom stereocenters. The van der Waals surface area contributed by atoms with Crippen molar-refractivity contribution in [2.75, 3.05) is 19.6 Å². The Bertz CT molecular complexity index is 640. The van der Waals surface area contributed by atoms with Gasteiger partial charge in [-0.2, -0.15) is 0 Å². The average Bonchev–Trinajstić information content (AvgIpc) is 2.88. The molecule has 1 fully saturated rings. The van der Waals surface area contributed by atoms with Gasteiger partial charge in [-0.15, -0.1) is 11.3 Å². The first kappa shape index (κ1) is 17.5. The number of nitrogens with zero attached hydrogens (tertiary/aromatic N) is 3. The number of thiazole rings is 1. The molecule has 0 saturated carbocycles. The minimum absolute atomic E-state index is 0.624. The van der Waals surface area contributed by atoms with Gasteiger partial charge in [-0.3, -0.25) is 9.88 Å². The van der Waals surface area contributed by atoms with Crippen molar-refractivity contribution < 1.29 is 0 Å². The number of nitrogens with one attached hydrogen (secondary N) is 1. The summed E-state index contributed by atoms with van der Waals surface area (Å²) < 4.78 is 0. The van der Waals surface area contributed by atoms with Crippen LogP contribution in [-0.2, 0) is 13.0 Å². The number of rotatable bonds is 6. The van der Waals surface area contributed by atoms with E-state index in [1.54, 1.807) is 0 Å². The fourth-order valence-electron chi connectivity index (χ4n) is 3.58. The molecule has 2 aromatic heterocycles.